The Bertz CT molecular complexity index is 520. The SMILES string of the molecule is CN=C(N)NCc1ccc(S(=O)(=O)N(C)C)cc1. The van der Waals surface area contributed by atoms with Crippen molar-refractivity contribution in [3.05, 3.63) is 29.8 Å². The van der Waals surface area contributed by atoms with Crippen LogP contribution in [0.25, 0.3) is 0 Å². The fourth-order valence-corrected chi connectivity index (χ4v) is 2.16. The van der Waals surface area contributed by atoms with Gasteiger partial charge in [0.25, 0.3) is 0 Å². The molecule has 0 saturated carbocycles. The van der Waals surface area contributed by atoms with Gasteiger partial charge in [0, 0.05) is 27.7 Å². The molecule has 1 aromatic rings. The van der Waals surface area contributed by atoms with Crippen molar-refractivity contribution in [1.82, 2.24) is 9.62 Å². The van der Waals surface area contributed by atoms with Crippen molar-refractivity contribution in [3.8, 4) is 0 Å². The van der Waals surface area contributed by atoms with Gasteiger partial charge in [-0.2, -0.15) is 0 Å². The van der Waals surface area contributed by atoms with E-state index in [9.17, 15) is 8.42 Å². The van der Waals surface area contributed by atoms with E-state index in [1.165, 1.54) is 18.4 Å². The minimum atomic E-state index is -3.37. The maximum atomic E-state index is 11.8. The Balaban J connectivity index is 2.81. The molecule has 1 aromatic carbocycles. The third-order valence-electron chi connectivity index (χ3n) is 2.42. The highest BCUT2D eigenvalue weighted by molar-refractivity contribution is 7.89. The second-order valence-electron chi connectivity index (χ2n) is 3.89. The van der Waals surface area contributed by atoms with Crippen LogP contribution in [0.1, 0.15) is 5.56 Å². The standard InChI is InChI=1S/C11H18N4O2S/c1-13-11(12)14-8-9-4-6-10(7-5-9)18(16,17)15(2)3/h4-7H,8H2,1-3H3,(H3,12,13,14). The number of hydrogen-bond acceptors (Lipinski definition) is 3. The smallest absolute Gasteiger partial charge is 0.242 e. The first-order valence-electron chi connectivity index (χ1n) is 5.35. The van der Waals surface area contributed by atoms with Crippen LogP contribution in [0.15, 0.2) is 34.2 Å². The van der Waals surface area contributed by atoms with E-state index < -0.39 is 10.0 Å². The summed E-state index contributed by atoms with van der Waals surface area (Å²) < 4.78 is 24.8. The van der Waals surface area contributed by atoms with Gasteiger partial charge in [0.15, 0.2) is 5.96 Å². The second-order valence-corrected chi connectivity index (χ2v) is 6.05. The molecule has 3 N–H and O–H groups in total. The molecule has 0 radical (unpaired) electrons. The van der Waals surface area contributed by atoms with E-state index in [1.807, 2.05) is 0 Å². The number of nitrogens with two attached hydrogens (primary N) is 1. The highest BCUT2D eigenvalue weighted by Crippen LogP contribution is 2.13. The molecule has 0 aromatic heterocycles. The lowest BCUT2D eigenvalue weighted by Crippen LogP contribution is -2.30. The number of benzene rings is 1. The van der Waals surface area contributed by atoms with Crippen LogP contribution < -0.4 is 11.1 Å². The summed E-state index contributed by atoms with van der Waals surface area (Å²) in [7, 11) is 1.23. The maximum Gasteiger partial charge on any atom is 0.242 e. The van der Waals surface area contributed by atoms with Gasteiger partial charge in [-0.15, -0.1) is 0 Å². The average Bonchev–Trinajstić information content (AvgIpc) is 2.36. The number of rotatable bonds is 4. The van der Waals surface area contributed by atoms with Gasteiger partial charge in [0.1, 0.15) is 0 Å². The minimum absolute atomic E-state index is 0.272. The fourth-order valence-electron chi connectivity index (χ4n) is 1.26. The molecule has 0 unspecified atom stereocenters. The zero-order chi connectivity index (χ0) is 13.8. The van der Waals surface area contributed by atoms with Crippen LogP contribution in [0.5, 0.6) is 0 Å². The van der Waals surface area contributed by atoms with Crippen molar-refractivity contribution < 1.29 is 8.42 Å². The molecule has 100 valence electrons. The van der Waals surface area contributed by atoms with Gasteiger partial charge >= 0.3 is 0 Å². The Morgan fingerprint density at radius 2 is 1.89 bits per heavy atom. The normalized spacial score (nSPS) is 12.8. The van der Waals surface area contributed by atoms with E-state index in [0.717, 1.165) is 5.56 Å². The highest BCUT2D eigenvalue weighted by Gasteiger charge is 2.16. The summed E-state index contributed by atoms with van der Waals surface area (Å²) in [6.45, 7) is 0.505. The molecule has 6 nitrogen and oxygen atoms in total. The molecule has 1 rings (SSSR count). The van der Waals surface area contributed by atoms with Crippen molar-refractivity contribution in [1.29, 1.82) is 0 Å². The molecule has 0 aliphatic rings. The van der Waals surface area contributed by atoms with Crippen LogP contribution in [0.3, 0.4) is 0 Å². The van der Waals surface area contributed by atoms with Crippen LogP contribution in [-0.2, 0) is 16.6 Å². The van der Waals surface area contributed by atoms with E-state index in [0.29, 0.717) is 12.5 Å². The Hall–Kier alpha value is -1.60. The van der Waals surface area contributed by atoms with E-state index in [1.54, 1.807) is 31.3 Å². The highest BCUT2D eigenvalue weighted by atomic mass is 32.2. The summed E-state index contributed by atoms with van der Waals surface area (Å²) in [6.07, 6.45) is 0. The number of guanidine groups is 1. The summed E-state index contributed by atoms with van der Waals surface area (Å²) in [5.41, 5.74) is 6.43. The van der Waals surface area contributed by atoms with E-state index in [2.05, 4.69) is 10.3 Å². The molecule has 0 amide bonds. The predicted molar refractivity (Wildman–Crippen MR) is 71.7 cm³/mol. The first kappa shape index (κ1) is 14.5. The number of hydrogen-bond donors (Lipinski definition) is 2. The molecule has 0 bridgehead atoms. The summed E-state index contributed by atoms with van der Waals surface area (Å²) in [4.78, 5) is 4.04. The maximum absolute atomic E-state index is 11.8. The topological polar surface area (TPSA) is 87.8 Å². The Labute approximate surface area is 108 Å². The van der Waals surface area contributed by atoms with Crippen LogP contribution in [0.4, 0.5) is 0 Å². The second kappa shape index (κ2) is 5.83. The Morgan fingerprint density at radius 3 is 2.33 bits per heavy atom. The zero-order valence-corrected chi connectivity index (χ0v) is 11.5. The van der Waals surface area contributed by atoms with Crippen molar-refractivity contribution in [2.45, 2.75) is 11.4 Å². The van der Waals surface area contributed by atoms with Gasteiger partial charge in [-0.25, -0.2) is 12.7 Å². The Morgan fingerprint density at radius 1 is 1.33 bits per heavy atom. The molecule has 7 heteroatoms. The lowest BCUT2D eigenvalue weighted by Gasteiger charge is -2.11. The first-order chi connectivity index (χ1) is 8.37. The first-order valence-corrected chi connectivity index (χ1v) is 6.79. The van der Waals surface area contributed by atoms with Crippen LogP contribution in [0.2, 0.25) is 0 Å². The van der Waals surface area contributed by atoms with Crippen LogP contribution in [0, 0.1) is 0 Å². The van der Waals surface area contributed by atoms with Gasteiger partial charge in [-0.1, -0.05) is 12.1 Å². The number of sulfonamides is 1. The molecular weight excluding hydrogens is 252 g/mol. The molecule has 0 atom stereocenters. The van der Waals surface area contributed by atoms with Crippen LogP contribution >= 0.6 is 0 Å². The number of aliphatic imine (C=N–C) groups is 1. The molecular formula is C11H18N4O2S. The lowest BCUT2D eigenvalue weighted by atomic mass is 10.2. The van der Waals surface area contributed by atoms with Gasteiger partial charge in [-0.3, -0.25) is 4.99 Å². The molecule has 0 heterocycles. The number of nitrogens with one attached hydrogen (secondary N) is 1. The van der Waals surface area contributed by atoms with Gasteiger partial charge < -0.3 is 11.1 Å². The van der Waals surface area contributed by atoms with E-state index in [-0.39, 0.29) is 4.90 Å². The van der Waals surface area contributed by atoms with Crippen LogP contribution in [-0.4, -0.2) is 39.8 Å². The summed E-state index contributed by atoms with van der Waals surface area (Å²) in [6, 6.07) is 6.63. The van der Waals surface area contributed by atoms with Gasteiger partial charge in [0.05, 0.1) is 4.90 Å². The van der Waals surface area contributed by atoms with Crippen molar-refractivity contribution in [2.24, 2.45) is 10.7 Å². The molecule has 0 spiro atoms. The minimum Gasteiger partial charge on any atom is -0.370 e. The zero-order valence-electron chi connectivity index (χ0n) is 10.7. The molecule has 0 saturated heterocycles. The summed E-state index contributed by atoms with van der Waals surface area (Å²) >= 11 is 0. The molecule has 0 aliphatic heterocycles. The molecule has 18 heavy (non-hydrogen) atoms. The molecule has 0 aliphatic carbocycles. The van der Waals surface area contributed by atoms with Crippen molar-refractivity contribution >= 4 is 16.0 Å². The summed E-state index contributed by atoms with van der Waals surface area (Å²) in [5, 5.41) is 2.90. The van der Waals surface area contributed by atoms with E-state index >= 15 is 0 Å². The third-order valence-corrected chi connectivity index (χ3v) is 4.25. The fraction of sp³-hybridized carbons (Fsp3) is 0.364. The Kier molecular flexibility index (Phi) is 4.69. The lowest BCUT2D eigenvalue weighted by molar-refractivity contribution is 0.520. The monoisotopic (exact) mass is 270 g/mol. The van der Waals surface area contributed by atoms with Crippen molar-refractivity contribution in [3.63, 3.8) is 0 Å². The van der Waals surface area contributed by atoms with Gasteiger partial charge in [-0.05, 0) is 17.7 Å². The predicted octanol–water partition coefficient (Wildman–Crippen LogP) is -0.0290. The summed E-state index contributed by atoms with van der Waals surface area (Å²) in [5.74, 6) is 0.347. The molecule has 0 fully saturated rings. The largest absolute Gasteiger partial charge is 0.370 e. The van der Waals surface area contributed by atoms with Crippen molar-refractivity contribution in [2.75, 3.05) is 21.1 Å². The average molecular weight is 270 g/mol. The number of nitrogens with zero attached hydrogens (tertiary/aromatic N) is 2. The third kappa shape index (κ3) is 3.44. The quantitative estimate of drug-likeness (QED) is 0.594. The van der Waals surface area contributed by atoms with Gasteiger partial charge in [0.2, 0.25) is 10.0 Å². The van der Waals surface area contributed by atoms with E-state index in [4.69, 9.17) is 5.73 Å².